The number of amides is 1. The molecular weight excluding hydrogens is 515 g/mol. The van der Waals surface area contributed by atoms with Gasteiger partial charge in [-0.2, -0.15) is 0 Å². The Balaban J connectivity index is 1.26. The van der Waals surface area contributed by atoms with Crippen LogP contribution in [0.1, 0.15) is 82.4 Å². The van der Waals surface area contributed by atoms with E-state index in [4.69, 9.17) is 0 Å². The number of hydrogen-bond acceptors (Lipinski definition) is 4. The summed E-state index contributed by atoms with van der Waals surface area (Å²) in [6.45, 7) is 2.02. The van der Waals surface area contributed by atoms with Gasteiger partial charge in [0.25, 0.3) is 12.3 Å². The molecule has 9 heteroatoms. The molecule has 2 saturated heterocycles. The molecule has 208 valence electrons. The van der Waals surface area contributed by atoms with Gasteiger partial charge in [-0.1, -0.05) is 36.1 Å². The summed E-state index contributed by atoms with van der Waals surface area (Å²) < 4.78 is 42.3. The standard InChI is InChI=1S/C31H32F3N5O/c1-18-11-19(3-4-20-12-24-9-10-25(13-20)38(24)2)14-26(36-18)31(40)37-28(21-5-7-22(8-6-21)30(33)34)29-27-15-23(32)16-39(27)17-35-29/h5-8,11,14,17,20,23-25,28,30H,9-10,12-13,15-16H2,1-2H3,(H,37,40)/t20?,23-,24-,25+,28+/m1/s1. The van der Waals surface area contributed by atoms with E-state index in [2.05, 4.69) is 39.1 Å². The lowest BCUT2D eigenvalue weighted by Crippen LogP contribution is -2.39. The van der Waals surface area contributed by atoms with E-state index in [1.807, 2.05) is 13.0 Å². The van der Waals surface area contributed by atoms with Gasteiger partial charge in [0.1, 0.15) is 11.9 Å². The van der Waals surface area contributed by atoms with Crippen molar-refractivity contribution in [2.75, 3.05) is 7.05 Å². The van der Waals surface area contributed by atoms with E-state index >= 15 is 0 Å². The number of benzene rings is 1. The van der Waals surface area contributed by atoms with E-state index in [0.717, 1.165) is 18.4 Å². The fourth-order valence-corrected chi connectivity index (χ4v) is 6.45. The first-order chi connectivity index (χ1) is 19.2. The Hall–Kier alpha value is -3.64. The quantitative estimate of drug-likeness (QED) is 0.448. The summed E-state index contributed by atoms with van der Waals surface area (Å²) in [5.41, 5.74) is 3.25. The molecule has 6 nitrogen and oxygen atoms in total. The first-order valence-electron chi connectivity index (χ1n) is 13.8. The van der Waals surface area contributed by atoms with Crippen LogP contribution in [0.15, 0.2) is 42.7 Å². The fraction of sp³-hybridized carbons (Fsp3) is 0.452. The summed E-state index contributed by atoms with van der Waals surface area (Å²) in [4.78, 5) is 25.0. The Morgan fingerprint density at radius 2 is 1.80 bits per heavy atom. The van der Waals surface area contributed by atoms with Crippen LogP contribution in [-0.2, 0) is 13.0 Å². The first-order valence-corrected chi connectivity index (χ1v) is 13.8. The van der Waals surface area contributed by atoms with Crippen LogP contribution >= 0.6 is 0 Å². The number of halogens is 3. The van der Waals surface area contributed by atoms with Gasteiger partial charge >= 0.3 is 0 Å². The summed E-state index contributed by atoms with van der Waals surface area (Å²) in [6, 6.07) is 9.77. The van der Waals surface area contributed by atoms with Crippen LogP contribution in [0, 0.1) is 24.7 Å². The van der Waals surface area contributed by atoms with E-state index in [0.29, 0.717) is 40.6 Å². The van der Waals surface area contributed by atoms with Crippen molar-refractivity contribution in [3.8, 4) is 11.8 Å². The molecule has 1 N–H and O–H groups in total. The average molecular weight is 548 g/mol. The molecule has 3 aliphatic rings. The van der Waals surface area contributed by atoms with Crippen LogP contribution in [0.2, 0.25) is 0 Å². The van der Waals surface area contributed by atoms with E-state index in [1.54, 1.807) is 29.1 Å². The number of carbonyl (C=O) groups excluding carboxylic acids is 1. The minimum atomic E-state index is -2.60. The predicted octanol–water partition coefficient (Wildman–Crippen LogP) is 5.16. The molecule has 5 heterocycles. The van der Waals surface area contributed by atoms with Gasteiger partial charge in [-0.05, 0) is 57.4 Å². The van der Waals surface area contributed by atoms with Gasteiger partial charge < -0.3 is 14.8 Å². The maximum Gasteiger partial charge on any atom is 0.270 e. The fourth-order valence-electron chi connectivity index (χ4n) is 6.45. The second-order valence-corrected chi connectivity index (χ2v) is 11.3. The lowest BCUT2D eigenvalue weighted by molar-refractivity contribution is 0.0936. The van der Waals surface area contributed by atoms with E-state index in [1.165, 1.54) is 25.0 Å². The molecule has 5 atom stereocenters. The summed E-state index contributed by atoms with van der Waals surface area (Å²) in [5.74, 6) is 6.62. The monoisotopic (exact) mass is 547 g/mol. The molecule has 0 saturated carbocycles. The van der Waals surface area contributed by atoms with Crippen molar-refractivity contribution in [2.45, 2.75) is 76.3 Å². The molecular formula is C31H32F3N5O. The second kappa shape index (κ2) is 10.7. The highest BCUT2D eigenvalue weighted by molar-refractivity contribution is 5.93. The van der Waals surface area contributed by atoms with Crippen LogP contribution in [0.4, 0.5) is 13.2 Å². The molecule has 1 aromatic carbocycles. The number of aryl methyl sites for hydroxylation is 1. The third-order valence-electron chi connectivity index (χ3n) is 8.56. The molecule has 1 unspecified atom stereocenters. The lowest BCUT2D eigenvalue weighted by atomic mass is 9.91. The van der Waals surface area contributed by atoms with Crippen molar-refractivity contribution >= 4 is 5.91 Å². The molecule has 1 amide bonds. The number of alkyl halides is 3. The SMILES string of the molecule is Cc1cc(C#CC2C[C@H]3CC[C@@H](C2)N3C)cc(C(=O)N[C@@H](c2ccc(C(F)F)cc2)c2ncn3c2C[C@@H](F)C3)n1. The van der Waals surface area contributed by atoms with Crippen molar-refractivity contribution in [2.24, 2.45) is 5.92 Å². The van der Waals surface area contributed by atoms with Crippen LogP contribution < -0.4 is 5.32 Å². The number of aromatic nitrogens is 3. The third-order valence-corrected chi connectivity index (χ3v) is 8.56. The van der Waals surface area contributed by atoms with Crippen LogP contribution in [0.5, 0.6) is 0 Å². The molecule has 3 aliphatic heterocycles. The highest BCUT2D eigenvalue weighted by Crippen LogP contribution is 2.37. The molecule has 0 spiro atoms. The van der Waals surface area contributed by atoms with Gasteiger partial charge in [0.05, 0.1) is 24.6 Å². The van der Waals surface area contributed by atoms with Crippen molar-refractivity contribution in [1.82, 2.24) is 24.8 Å². The zero-order valence-electron chi connectivity index (χ0n) is 22.6. The highest BCUT2D eigenvalue weighted by Gasteiger charge is 2.37. The van der Waals surface area contributed by atoms with Gasteiger partial charge in [-0.3, -0.25) is 4.79 Å². The number of hydrogen-bond donors (Lipinski definition) is 1. The zero-order chi connectivity index (χ0) is 28.0. The topological polar surface area (TPSA) is 63.1 Å². The minimum Gasteiger partial charge on any atom is -0.338 e. The van der Waals surface area contributed by atoms with E-state index in [9.17, 15) is 18.0 Å². The molecule has 2 fully saturated rings. The first kappa shape index (κ1) is 26.6. The number of fused-ring (bicyclic) bond motifs is 3. The van der Waals surface area contributed by atoms with Gasteiger partial charge in [-0.25, -0.2) is 23.1 Å². The summed E-state index contributed by atoms with van der Waals surface area (Å²) in [7, 11) is 2.21. The summed E-state index contributed by atoms with van der Waals surface area (Å²) in [5, 5.41) is 2.99. The van der Waals surface area contributed by atoms with Crippen LogP contribution in [0.3, 0.4) is 0 Å². The molecule has 0 radical (unpaired) electrons. The molecule has 3 aromatic rings. The van der Waals surface area contributed by atoms with Crippen molar-refractivity contribution < 1.29 is 18.0 Å². The molecule has 0 aliphatic carbocycles. The van der Waals surface area contributed by atoms with Crippen molar-refractivity contribution in [3.63, 3.8) is 0 Å². The van der Waals surface area contributed by atoms with Crippen LogP contribution in [0.25, 0.3) is 0 Å². The maximum absolute atomic E-state index is 14.2. The average Bonchev–Trinajstić information content (AvgIpc) is 3.54. The molecule has 40 heavy (non-hydrogen) atoms. The number of carbonyl (C=O) groups is 1. The predicted molar refractivity (Wildman–Crippen MR) is 145 cm³/mol. The molecule has 2 aromatic heterocycles. The Bertz CT molecular complexity index is 1460. The number of pyridine rings is 1. The second-order valence-electron chi connectivity index (χ2n) is 11.3. The van der Waals surface area contributed by atoms with Gasteiger partial charge in [0, 0.05) is 46.9 Å². The minimum absolute atomic E-state index is 0.117. The number of piperidine rings is 1. The van der Waals surface area contributed by atoms with Gasteiger partial charge in [0.2, 0.25) is 0 Å². The Labute approximate surface area is 232 Å². The van der Waals surface area contributed by atoms with E-state index < -0.39 is 24.5 Å². The smallest absolute Gasteiger partial charge is 0.270 e. The lowest BCUT2D eigenvalue weighted by Gasteiger charge is -2.34. The largest absolute Gasteiger partial charge is 0.338 e. The van der Waals surface area contributed by atoms with Crippen LogP contribution in [-0.4, -0.2) is 50.6 Å². The third kappa shape index (κ3) is 5.25. The highest BCUT2D eigenvalue weighted by atomic mass is 19.3. The number of nitrogens with zero attached hydrogens (tertiary/aromatic N) is 4. The molecule has 6 rings (SSSR count). The summed E-state index contributed by atoms with van der Waals surface area (Å²) >= 11 is 0. The Morgan fingerprint density at radius 1 is 1.10 bits per heavy atom. The maximum atomic E-state index is 14.2. The van der Waals surface area contributed by atoms with Crippen molar-refractivity contribution in [3.05, 3.63) is 82.2 Å². The van der Waals surface area contributed by atoms with Gasteiger partial charge in [-0.15, -0.1) is 0 Å². The summed E-state index contributed by atoms with van der Waals surface area (Å²) in [6.07, 6.45) is 2.70. The Kier molecular flexibility index (Phi) is 7.13. The normalized spacial score (nSPS) is 24.4. The van der Waals surface area contributed by atoms with E-state index in [-0.39, 0.29) is 24.2 Å². The molecule has 2 bridgehead atoms. The number of rotatable bonds is 5. The number of imidazole rings is 1. The Morgan fingerprint density at radius 3 is 2.50 bits per heavy atom. The van der Waals surface area contributed by atoms with Gasteiger partial charge in [0.15, 0.2) is 0 Å². The van der Waals surface area contributed by atoms with Crippen molar-refractivity contribution in [1.29, 1.82) is 0 Å². The zero-order valence-corrected chi connectivity index (χ0v) is 22.6. The number of nitrogens with one attached hydrogen (secondary N) is 1.